The first-order valence-electron chi connectivity index (χ1n) is 9.65. The van der Waals surface area contributed by atoms with Gasteiger partial charge in [0.2, 0.25) is 10.0 Å². The molecule has 1 aromatic carbocycles. The van der Waals surface area contributed by atoms with E-state index in [1.165, 1.54) is 12.1 Å². The summed E-state index contributed by atoms with van der Waals surface area (Å²) in [5.74, 6) is 0.608. The lowest BCUT2D eigenvalue weighted by Gasteiger charge is -2.31. The van der Waals surface area contributed by atoms with Crippen molar-refractivity contribution in [3.8, 4) is 0 Å². The Balaban J connectivity index is 1.47. The molecule has 4 heterocycles. The van der Waals surface area contributed by atoms with Crippen molar-refractivity contribution in [3.05, 3.63) is 40.8 Å². The van der Waals surface area contributed by atoms with E-state index in [2.05, 4.69) is 19.0 Å². The van der Waals surface area contributed by atoms with Gasteiger partial charge in [0, 0.05) is 42.9 Å². The summed E-state index contributed by atoms with van der Waals surface area (Å²) >= 11 is 0. The highest BCUT2D eigenvalue weighted by atomic mass is 32.2. The molecule has 3 saturated heterocycles. The molecule has 2 aromatic rings. The van der Waals surface area contributed by atoms with Crippen LogP contribution in [0, 0.1) is 11.8 Å². The van der Waals surface area contributed by atoms with Crippen LogP contribution in [-0.4, -0.2) is 63.1 Å². The molecule has 8 heteroatoms. The molecular weight excluding hydrogens is 380 g/mol. The monoisotopic (exact) mass is 404 g/mol. The van der Waals surface area contributed by atoms with Gasteiger partial charge >= 0.3 is 5.63 Å². The molecule has 4 atom stereocenters. The molecule has 0 saturated carbocycles. The van der Waals surface area contributed by atoms with Crippen molar-refractivity contribution in [3.63, 3.8) is 0 Å². The van der Waals surface area contributed by atoms with Gasteiger partial charge < -0.3 is 14.1 Å². The Morgan fingerprint density at radius 3 is 2.86 bits per heavy atom. The van der Waals surface area contributed by atoms with E-state index in [0.717, 1.165) is 19.4 Å². The minimum atomic E-state index is -3.64. The third kappa shape index (κ3) is 2.66. The number of sulfonamides is 1. The Hall–Kier alpha value is -1.74. The van der Waals surface area contributed by atoms with E-state index < -0.39 is 15.6 Å². The SMILES string of the molecule is CN(C)C[C@H]1[C@@H]2CC[C@@]3(CN(S(=O)(=O)c4ccc5oc(=O)ccc5c4)C[C@@H]13)O2. The van der Waals surface area contributed by atoms with Crippen LogP contribution in [-0.2, 0) is 14.8 Å². The smallest absolute Gasteiger partial charge is 0.336 e. The average molecular weight is 404 g/mol. The number of benzene rings is 1. The highest BCUT2D eigenvalue weighted by molar-refractivity contribution is 7.89. The molecule has 1 spiro atoms. The minimum absolute atomic E-state index is 0.226. The zero-order chi connectivity index (χ0) is 19.7. The molecule has 3 aliphatic rings. The van der Waals surface area contributed by atoms with Crippen molar-refractivity contribution in [2.24, 2.45) is 11.8 Å². The number of fused-ring (bicyclic) bond motifs is 2. The van der Waals surface area contributed by atoms with E-state index in [-0.39, 0.29) is 22.5 Å². The largest absolute Gasteiger partial charge is 0.423 e. The maximum absolute atomic E-state index is 13.3. The van der Waals surface area contributed by atoms with E-state index in [1.807, 2.05) is 0 Å². The van der Waals surface area contributed by atoms with Gasteiger partial charge in [-0.2, -0.15) is 4.31 Å². The molecule has 150 valence electrons. The molecule has 0 amide bonds. The minimum Gasteiger partial charge on any atom is -0.423 e. The van der Waals surface area contributed by atoms with Gasteiger partial charge in [-0.05, 0) is 51.2 Å². The lowest BCUT2D eigenvalue weighted by Crippen LogP contribution is -2.40. The van der Waals surface area contributed by atoms with E-state index in [9.17, 15) is 13.2 Å². The van der Waals surface area contributed by atoms with E-state index >= 15 is 0 Å². The summed E-state index contributed by atoms with van der Waals surface area (Å²) < 4.78 is 39.8. The second kappa shape index (κ2) is 6.13. The van der Waals surface area contributed by atoms with E-state index in [4.69, 9.17) is 9.15 Å². The summed E-state index contributed by atoms with van der Waals surface area (Å²) in [6.45, 7) is 1.83. The summed E-state index contributed by atoms with van der Waals surface area (Å²) in [6, 6.07) is 7.54. The zero-order valence-corrected chi connectivity index (χ0v) is 16.8. The van der Waals surface area contributed by atoms with Crippen molar-refractivity contribution >= 4 is 21.0 Å². The fourth-order valence-corrected chi connectivity index (χ4v) is 6.92. The number of ether oxygens (including phenoxy) is 1. The van der Waals surface area contributed by atoms with Gasteiger partial charge in [-0.25, -0.2) is 13.2 Å². The summed E-state index contributed by atoms with van der Waals surface area (Å²) in [5.41, 5.74) is -0.395. The Kier molecular flexibility index (Phi) is 4.00. The fraction of sp³-hybridized carbons (Fsp3) is 0.550. The normalized spacial score (nSPS) is 32.5. The zero-order valence-electron chi connectivity index (χ0n) is 16.0. The second-order valence-electron chi connectivity index (χ2n) is 8.54. The lowest BCUT2D eigenvalue weighted by molar-refractivity contribution is 0.00739. The Labute approximate surface area is 163 Å². The van der Waals surface area contributed by atoms with Crippen LogP contribution in [0.3, 0.4) is 0 Å². The average Bonchev–Trinajstić information content (AvgIpc) is 3.31. The summed E-state index contributed by atoms with van der Waals surface area (Å²) in [5, 5.41) is 0.598. The van der Waals surface area contributed by atoms with Crippen molar-refractivity contribution in [2.45, 2.75) is 29.4 Å². The quantitative estimate of drug-likeness (QED) is 0.719. The van der Waals surface area contributed by atoms with Gasteiger partial charge in [0.1, 0.15) is 5.58 Å². The van der Waals surface area contributed by atoms with Crippen LogP contribution in [0.4, 0.5) is 0 Å². The topological polar surface area (TPSA) is 80.1 Å². The van der Waals surface area contributed by atoms with Crippen LogP contribution in [0.1, 0.15) is 12.8 Å². The van der Waals surface area contributed by atoms with Crippen LogP contribution >= 0.6 is 0 Å². The van der Waals surface area contributed by atoms with Crippen molar-refractivity contribution in [1.82, 2.24) is 9.21 Å². The first-order valence-corrected chi connectivity index (χ1v) is 11.1. The van der Waals surface area contributed by atoms with Crippen molar-refractivity contribution in [1.29, 1.82) is 0 Å². The van der Waals surface area contributed by atoms with Gasteiger partial charge in [-0.1, -0.05) is 0 Å². The van der Waals surface area contributed by atoms with Gasteiger partial charge in [0.05, 0.1) is 16.6 Å². The molecule has 1 aromatic heterocycles. The first-order chi connectivity index (χ1) is 13.3. The van der Waals surface area contributed by atoms with Crippen LogP contribution < -0.4 is 5.63 Å². The van der Waals surface area contributed by atoms with Gasteiger partial charge in [-0.15, -0.1) is 0 Å². The van der Waals surface area contributed by atoms with Crippen LogP contribution in [0.15, 0.2) is 44.4 Å². The number of nitrogens with zero attached hydrogens (tertiary/aromatic N) is 2. The number of hydrogen-bond acceptors (Lipinski definition) is 6. The molecule has 7 nitrogen and oxygen atoms in total. The maximum atomic E-state index is 13.3. The third-order valence-corrected chi connectivity index (χ3v) is 8.36. The Morgan fingerprint density at radius 2 is 2.07 bits per heavy atom. The first kappa shape index (κ1) is 18.3. The van der Waals surface area contributed by atoms with Crippen LogP contribution in [0.5, 0.6) is 0 Å². The molecule has 3 aliphatic heterocycles. The predicted molar refractivity (Wildman–Crippen MR) is 104 cm³/mol. The Morgan fingerprint density at radius 1 is 1.25 bits per heavy atom. The molecule has 0 aliphatic carbocycles. The molecule has 0 radical (unpaired) electrons. The van der Waals surface area contributed by atoms with Gasteiger partial charge in [0.15, 0.2) is 0 Å². The van der Waals surface area contributed by atoms with Crippen LogP contribution in [0.2, 0.25) is 0 Å². The summed E-state index contributed by atoms with van der Waals surface area (Å²) in [7, 11) is 0.458. The molecule has 0 unspecified atom stereocenters. The van der Waals surface area contributed by atoms with Crippen LogP contribution in [0.25, 0.3) is 11.0 Å². The van der Waals surface area contributed by atoms with E-state index in [0.29, 0.717) is 30.0 Å². The highest BCUT2D eigenvalue weighted by Gasteiger charge is 2.64. The molecule has 2 bridgehead atoms. The number of rotatable bonds is 4. The second-order valence-corrected chi connectivity index (χ2v) is 10.5. The predicted octanol–water partition coefficient (Wildman–Crippen LogP) is 1.52. The number of hydrogen-bond donors (Lipinski definition) is 0. The third-order valence-electron chi connectivity index (χ3n) is 6.56. The molecule has 3 fully saturated rings. The fourth-order valence-electron chi connectivity index (χ4n) is 5.36. The van der Waals surface area contributed by atoms with Gasteiger partial charge in [-0.3, -0.25) is 0 Å². The Bertz CT molecular complexity index is 1100. The molecule has 28 heavy (non-hydrogen) atoms. The summed E-state index contributed by atoms with van der Waals surface area (Å²) in [4.78, 5) is 13.7. The van der Waals surface area contributed by atoms with Gasteiger partial charge in [0.25, 0.3) is 0 Å². The highest BCUT2D eigenvalue weighted by Crippen LogP contribution is 2.55. The van der Waals surface area contributed by atoms with E-state index in [1.54, 1.807) is 22.5 Å². The molecular formula is C20H24N2O5S. The molecule has 5 rings (SSSR count). The van der Waals surface area contributed by atoms with Crippen molar-refractivity contribution < 1.29 is 17.6 Å². The lowest BCUT2D eigenvalue weighted by atomic mass is 9.73. The molecule has 0 N–H and O–H groups in total. The maximum Gasteiger partial charge on any atom is 0.336 e. The standard InChI is InChI=1S/C20H24N2O5S/c1-21(2)10-15-16-11-22(12-20(16)8-7-18(15)27-20)28(24,25)14-4-5-17-13(9-14)3-6-19(23)26-17/h3-6,9,15-16,18H,7-8,10-12H2,1-2H3/t15-,16+,18+,20+/m1/s1. The van der Waals surface area contributed by atoms with Crippen molar-refractivity contribution in [2.75, 3.05) is 33.7 Å². The summed E-state index contributed by atoms with van der Waals surface area (Å²) in [6.07, 6.45) is 2.19.